The highest BCUT2D eigenvalue weighted by molar-refractivity contribution is 7.89. The Bertz CT molecular complexity index is 623. The molecule has 2 aromatic rings. The van der Waals surface area contributed by atoms with Gasteiger partial charge >= 0.3 is 0 Å². The van der Waals surface area contributed by atoms with Crippen LogP contribution in [-0.2, 0) is 10.0 Å². The molecule has 18 heavy (non-hydrogen) atoms. The van der Waals surface area contributed by atoms with E-state index in [0.29, 0.717) is 10.8 Å². The van der Waals surface area contributed by atoms with Crippen molar-refractivity contribution in [2.75, 3.05) is 0 Å². The fourth-order valence-electron chi connectivity index (χ4n) is 1.53. The highest BCUT2D eigenvalue weighted by Gasteiger charge is 2.19. The zero-order chi connectivity index (χ0) is 13.2. The quantitative estimate of drug-likeness (QED) is 0.939. The largest absolute Gasteiger partial charge is 0.468 e. The summed E-state index contributed by atoms with van der Waals surface area (Å²) in [5.41, 5.74) is 0. The van der Waals surface area contributed by atoms with Crippen molar-refractivity contribution >= 4 is 21.6 Å². The topological polar surface area (TPSA) is 59.3 Å². The Labute approximate surface area is 111 Å². The van der Waals surface area contributed by atoms with Gasteiger partial charge in [0.05, 0.1) is 17.2 Å². The lowest BCUT2D eigenvalue weighted by Crippen LogP contribution is -2.26. The Morgan fingerprint density at radius 1 is 1.28 bits per heavy atom. The summed E-state index contributed by atoms with van der Waals surface area (Å²) in [6.07, 6.45) is 1.50. The van der Waals surface area contributed by atoms with Crippen LogP contribution in [0.5, 0.6) is 0 Å². The Morgan fingerprint density at radius 3 is 2.67 bits per heavy atom. The molecule has 6 heteroatoms. The van der Waals surface area contributed by atoms with E-state index in [1.165, 1.54) is 18.4 Å². The van der Waals surface area contributed by atoms with Gasteiger partial charge in [-0.3, -0.25) is 0 Å². The van der Waals surface area contributed by atoms with Crippen molar-refractivity contribution in [3.05, 3.63) is 53.4 Å². The minimum absolute atomic E-state index is 0.133. The maximum atomic E-state index is 12.1. The van der Waals surface area contributed by atoms with E-state index in [9.17, 15) is 8.42 Å². The number of benzene rings is 1. The molecule has 0 bridgehead atoms. The van der Waals surface area contributed by atoms with Crippen molar-refractivity contribution in [1.29, 1.82) is 0 Å². The molecule has 0 amide bonds. The first kappa shape index (κ1) is 13.1. The van der Waals surface area contributed by atoms with Crippen LogP contribution in [-0.4, -0.2) is 8.42 Å². The normalized spacial score (nSPS) is 13.4. The fourth-order valence-corrected chi connectivity index (χ4v) is 3.04. The summed E-state index contributed by atoms with van der Waals surface area (Å²) >= 11 is 5.78. The third-order valence-corrected chi connectivity index (χ3v) is 4.18. The van der Waals surface area contributed by atoms with Gasteiger partial charge in [-0.25, -0.2) is 13.1 Å². The van der Waals surface area contributed by atoms with Crippen molar-refractivity contribution in [2.45, 2.75) is 17.9 Å². The van der Waals surface area contributed by atoms with Crippen molar-refractivity contribution < 1.29 is 12.8 Å². The van der Waals surface area contributed by atoms with Crippen LogP contribution in [0, 0.1) is 0 Å². The number of hydrogen-bond acceptors (Lipinski definition) is 3. The van der Waals surface area contributed by atoms with E-state index in [-0.39, 0.29) is 4.90 Å². The SMILES string of the molecule is CC(NS(=O)(=O)c1cccc(Cl)c1)c1ccco1. The van der Waals surface area contributed by atoms with E-state index in [0.717, 1.165) is 0 Å². The summed E-state index contributed by atoms with van der Waals surface area (Å²) < 4.78 is 31.8. The third-order valence-electron chi connectivity index (χ3n) is 2.41. The van der Waals surface area contributed by atoms with Crippen molar-refractivity contribution in [2.24, 2.45) is 0 Å². The van der Waals surface area contributed by atoms with Crippen LogP contribution in [0.15, 0.2) is 52.0 Å². The molecule has 0 radical (unpaired) electrons. The van der Waals surface area contributed by atoms with Crippen LogP contribution in [0.25, 0.3) is 0 Å². The zero-order valence-electron chi connectivity index (χ0n) is 9.63. The minimum Gasteiger partial charge on any atom is -0.468 e. The van der Waals surface area contributed by atoms with Crippen LogP contribution in [0.4, 0.5) is 0 Å². The first-order chi connectivity index (χ1) is 8.49. The highest BCUT2D eigenvalue weighted by atomic mass is 35.5. The van der Waals surface area contributed by atoms with Crippen molar-refractivity contribution in [3.8, 4) is 0 Å². The number of hydrogen-bond donors (Lipinski definition) is 1. The van der Waals surface area contributed by atoms with Crippen LogP contribution in [0.1, 0.15) is 18.7 Å². The smallest absolute Gasteiger partial charge is 0.241 e. The predicted octanol–water partition coefficient (Wildman–Crippen LogP) is 2.97. The first-order valence-corrected chi connectivity index (χ1v) is 7.16. The van der Waals surface area contributed by atoms with Gasteiger partial charge in [0.15, 0.2) is 0 Å². The fraction of sp³-hybridized carbons (Fsp3) is 0.167. The van der Waals surface area contributed by atoms with Gasteiger partial charge in [0.25, 0.3) is 0 Å². The molecule has 1 aromatic heterocycles. The maximum Gasteiger partial charge on any atom is 0.241 e. The van der Waals surface area contributed by atoms with E-state index in [2.05, 4.69) is 4.72 Å². The molecule has 0 aliphatic rings. The van der Waals surface area contributed by atoms with Gasteiger partial charge in [0.2, 0.25) is 10.0 Å². The third kappa shape index (κ3) is 2.93. The number of halogens is 1. The second-order valence-electron chi connectivity index (χ2n) is 3.82. The average Bonchev–Trinajstić information content (AvgIpc) is 2.82. The molecule has 96 valence electrons. The molecule has 0 aliphatic heterocycles. The summed E-state index contributed by atoms with van der Waals surface area (Å²) in [6, 6.07) is 9.08. The summed E-state index contributed by atoms with van der Waals surface area (Å²) in [5, 5.41) is 0.378. The van der Waals surface area contributed by atoms with Gasteiger partial charge in [0, 0.05) is 5.02 Å². The van der Waals surface area contributed by atoms with E-state index in [1.54, 1.807) is 31.2 Å². The van der Waals surface area contributed by atoms with E-state index in [4.69, 9.17) is 16.0 Å². The highest BCUT2D eigenvalue weighted by Crippen LogP contribution is 2.19. The van der Waals surface area contributed by atoms with Gasteiger partial charge in [0.1, 0.15) is 5.76 Å². The maximum absolute atomic E-state index is 12.1. The Hall–Kier alpha value is -1.30. The van der Waals surface area contributed by atoms with E-state index >= 15 is 0 Å². The minimum atomic E-state index is -3.60. The van der Waals surface area contributed by atoms with E-state index in [1.807, 2.05) is 0 Å². The molecular formula is C12H12ClNO3S. The summed E-state index contributed by atoms with van der Waals surface area (Å²) in [6.45, 7) is 1.71. The number of sulfonamides is 1. The number of furan rings is 1. The molecule has 0 spiro atoms. The summed E-state index contributed by atoms with van der Waals surface area (Å²) in [5.74, 6) is 0.556. The molecule has 1 heterocycles. The molecule has 2 rings (SSSR count). The molecule has 1 N–H and O–H groups in total. The van der Waals surface area contributed by atoms with Crippen LogP contribution in [0.3, 0.4) is 0 Å². The molecular weight excluding hydrogens is 274 g/mol. The average molecular weight is 286 g/mol. The number of nitrogens with one attached hydrogen (secondary N) is 1. The Balaban J connectivity index is 2.22. The molecule has 0 saturated carbocycles. The monoisotopic (exact) mass is 285 g/mol. The molecule has 1 aromatic carbocycles. The Kier molecular flexibility index (Phi) is 3.75. The van der Waals surface area contributed by atoms with Crippen molar-refractivity contribution in [3.63, 3.8) is 0 Å². The van der Waals surface area contributed by atoms with Gasteiger partial charge in [-0.1, -0.05) is 17.7 Å². The van der Waals surface area contributed by atoms with E-state index < -0.39 is 16.1 Å². The molecule has 4 nitrogen and oxygen atoms in total. The second-order valence-corrected chi connectivity index (χ2v) is 5.97. The first-order valence-electron chi connectivity index (χ1n) is 5.30. The summed E-state index contributed by atoms with van der Waals surface area (Å²) in [7, 11) is -3.60. The van der Waals surface area contributed by atoms with Crippen LogP contribution >= 0.6 is 11.6 Å². The van der Waals surface area contributed by atoms with Gasteiger partial charge in [-0.2, -0.15) is 0 Å². The second kappa shape index (κ2) is 5.14. The zero-order valence-corrected chi connectivity index (χ0v) is 11.2. The lowest BCUT2D eigenvalue weighted by Gasteiger charge is -2.12. The molecule has 0 fully saturated rings. The molecule has 0 aliphatic carbocycles. The summed E-state index contributed by atoms with van der Waals surface area (Å²) in [4.78, 5) is 0.133. The lowest BCUT2D eigenvalue weighted by atomic mass is 10.3. The molecule has 1 atom stereocenters. The predicted molar refractivity (Wildman–Crippen MR) is 68.9 cm³/mol. The van der Waals surface area contributed by atoms with Gasteiger partial charge in [-0.15, -0.1) is 0 Å². The van der Waals surface area contributed by atoms with Crippen molar-refractivity contribution in [1.82, 2.24) is 4.72 Å². The lowest BCUT2D eigenvalue weighted by molar-refractivity contribution is 0.459. The molecule has 1 unspecified atom stereocenters. The van der Waals surface area contributed by atoms with Gasteiger partial charge < -0.3 is 4.42 Å². The Morgan fingerprint density at radius 2 is 2.06 bits per heavy atom. The standard InChI is InChI=1S/C12H12ClNO3S/c1-9(12-6-3-7-17-12)14-18(15,16)11-5-2-4-10(13)8-11/h2-9,14H,1H3. The van der Waals surface area contributed by atoms with Crippen LogP contribution < -0.4 is 4.72 Å². The number of rotatable bonds is 4. The van der Waals surface area contributed by atoms with Gasteiger partial charge in [-0.05, 0) is 37.3 Å². The van der Waals surface area contributed by atoms with Crippen LogP contribution in [0.2, 0.25) is 5.02 Å². The molecule has 0 saturated heterocycles.